The molecule has 0 unspecified atom stereocenters. The average Bonchev–Trinajstić information content (AvgIpc) is 2.84. The third-order valence-corrected chi connectivity index (χ3v) is 5.40. The van der Waals surface area contributed by atoms with E-state index in [0.717, 1.165) is 10.8 Å². The molecule has 0 aliphatic carbocycles. The van der Waals surface area contributed by atoms with E-state index in [4.69, 9.17) is 32.7 Å². The van der Waals surface area contributed by atoms with Crippen molar-refractivity contribution in [2.45, 2.75) is 0 Å². The summed E-state index contributed by atoms with van der Waals surface area (Å²) in [6, 6.07) is 20.6. The molecule has 0 saturated carbocycles. The molecule has 4 aromatic rings. The maximum absolute atomic E-state index is 13.0. The van der Waals surface area contributed by atoms with Crippen LogP contribution in [0.2, 0.25) is 10.0 Å². The number of hydrogen-bond acceptors (Lipinski definition) is 5. The Bertz CT molecular complexity index is 1430. The fourth-order valence-corrected chi connectivity index (χ4v) is 3.67. The number of carbonyl (C=O) groups excluding carboxylic acids is 2. The van der Waals surface area contributed by atoms with Crippen LogP contribution in [0.5, 0.6) is 11.5 Å². The molecule has 4 aromatic carbocycles. The van der Waals surface area contributed by atoms with E-state index >= 15 is 0 Å². The molecule has 0 spiro atoms. The molecule has 0 saturated heterocycles. The Morgan fingerprint density at radius 3 is 2.51 bits per heavy atom. The van der Waals surface area contributed by atoms with Gasteiger partial charge < -0.3 is 9.47 Å². The number of nitrogens with one attached hydrogen (secondary N) is 1. The van der Waals surface area contributed by atoms with Crippen molar-refractivity contribution in [3.8, 4) is 11.5 Å². The summed E-state index contributed by atoms with van der Waals surface area (Å²) in [5.41, 5.74) is 2.98. The molecular weight excluding hydrogens is 494 g/mol. The van der Waals surface area contributed by atoms with E-state index < -0.39 is 17.7 Å². The quantitative estimate of drug-likeness (QED) is 0.142. The number of rotatable bonds is 7. The van der Waals surface area contributed by atoms with Crippen molar-refractivity contribution < 1.29 is 23.5 Å². The number of hydrazone groups is 1. The molecule has 9 heteroatoms. The minimum absolute atomic E-state index is 0.151. The van der Waals surface area contributed by atoms with Gasteiger partial charge in [-0.05, 0) is 59.3 Å². The van der Waals surface area contributed by atoms with Crippen LogP contribution in [0.4, 0.5) is 4.39 Å². The van der Waals surface area contributed by atoms with E-state index in [-0.39, 0.29) is 22.9 Å². The van der Waals surface area contributed by atoms with Crippen LogP contribution < -0.4 is 14.9 Å². The first-order valence-electron chi connectivity index (χ1n) is 10.3. The molecule has 1 amide bonds. The van der Waals surface area contributed by atoms with Crippen molar-refractivity contribution in [3.63, 3.8) is 0 Å². The van der Waals surface area contributed by atoms with Crippen molar-refractivity contribution in [2.75, 3.05) is 6.61 Å². The first kappa shape index (κ1) is 24.2. The first-order chi connectivity index (χ1) is 16.9. The Labute approximate surface area is 209 Å². The van der Waals surface area contributed by atoms with E-state index in [1.165, 1.54) is 48.7 Å². The molecule has 0 heterocycles. The summed E-state index contributed by atoms with van der Waals surface area (Å²) in [5, 5.41) is 6.17. The SMILES string of the molecule is O=C(COc1ccc(F)cc1)N/N=C/c1c(OC(=O)c2ccc(Cl)cc2Cl)ccc2ccccc12. The molecule has 4 rings (SSSR count). The summed E-state index contributed by atoms with van der Waals surface area (Å²) in [5.74, 6) is -1.04. The summed E-state index contributed by atoms with van der Waals surface area (Å²) in [4.78, 5) is 24.9. The molecule has 0 bridgehead atoms. The van der Waals surface area contributed by atoms with Gasteiger partial charge in [0.25, 0.3) is 5.91 Å². The second-order valence-corrected chi connectivity index (χ2v) is 8.09. The van der Waals surface area contributed by atoms with Gasteiger partial charge in [0.05, 0.1) is 16.8 Å². The van der Waals surface area contributed by atoms with Gasteiger partial charge >= 0.3 is 5.97 Å². The number of benzene rings is 4. The van der Waals surface area contributed by atoms with Gasteiger partial charge in [0, 0.05) is 10.6 Å². The molecular formula is C26H17Cl2FN2O4. The van der Waals surface area contributed by atoms with Gasteiger partial charge in [-0.25, -0.2) is 14.6 Å². The number of halogens is 3. The fourth-order valence-electron chi connectivity index (χ4n) is 3.19. The van der Waals surface area contributed by atoms with E-state index in [9.17, 15) is 14.0 Å². The highest BCUT2D eigenvalue weighted by Crippen LogP contribution is 2.29. The third kappa shape index (κ3) is 6.15. The lowest BCUT2D eigenvalue weighted by atomic mass is 10.0. The smallest absolute Gasteiger partial charge is 0.345 e. The molecule has 1 N–H and O–H groups in total. The second-order valence-electron chi connectivity index (χ2n) is 7.25. The van der Waals surface area contributed by atoms with Gasteiger partial charge in [0.1, 0.15) is 17.3 Å². The van der Waals surface area contributed by atoms with Crippen molar-refractivity contribution in [1.82, 2.24) is 5.43 Å². The highest BCUT2D eigenvalue weighted by atomic mass is 35.5. The zero-order valence-electron chi connectivity index (χ0n) is 18.0. The number of nitrogens with zero attached hydrogens (tertiary/aromatic N) is 1. The van der Waals surface area contributed by atoms with Gasteiger partial charge in [-0.15, -0.1) is 0 Å². The molecule has 0 aliphatic heterocycles. The topological polar surface area (TPSA) is 77.0 Å². The van der Waals surface area contributed by atoms with Crippen molar-refractivity contribution in [2.24, 2.45) is 5.10 Å². The van der Waals surface area contributed by atoms with Crippen molar-refractivity contribution in [1.29, 1.82) is 0 Å². The summed E-state index contributed by atoms with van der Waals surface area (Å²) in [6.07, 6.45) is 1.38. The van der Waals surface area contributed by atoms with Gasteiger partial charge in [-0.1, -0.05) is 53.5 Å². The lowest BCUT2D eigenvalue weighted by Gasteiger charge is -2.11. The van der Waals surface area contributed by atoms with Crippen LogP contribution in [0.1, 0.15) is 15.9 Å². The highest BCUT2D eigenvalue weighted by Gasteiger charge is 2.16. The Hall–Kier alpha value is -3.94. The molecule has 0 aromatic heterocycles. The third-order valence-electron chi connectivity index (χ3n) is 4.85. The monoisotopic (exact) mass is 510 g/mol. The lowest BCUT2D eigenvalue weighted by molar-refractivity contribution is -0.123. The van der Waals surface area contributed by atoms with Crippen LogP contribution in [-0.2, 0) is 4.79 Å². The normalized spacial score (nSPS) is 10.9. The molecule has 35 heavy (non-hydrogen) atoms. The minimum atomic E-state index is -0.673. The maximum atomic E-state index is 13.0. The molecule has 0 aliphatic rings. The Kier molecular flexibility index (Phi) is 7.60. The van der Waals surface area contributed by atoms with Gasteiger partial charge in [0.2, 0.25) is 0 Å². The molecule has 176 valence electrons. The van der Waals surface area contributed by atoms with Crippen molar-refractivity contribution in [3.05, 3.63) is 106 Å². The van der Waals surface area contributed by atoms with Crippen LogP contribution in [0, 0.1) is 5.82 Å². The zero-order valence-corrected chi connectivity index (χ0v) is 19.5. The van der Waals surface area contributed by atoms with E-state index in [1.54, 1.807) is 12.1 Å². The predicted molar refractivity (Wildman–Crippen MR) is 133 cm³/mol. The minimum Gasteiger partial charge on any atom is -0.484 e. The highest BCUT2D eigenvalue weighted by molar-refractivity contribution is 6.36. The number of esters is 1. The first-order valence-corrected chi connectivity index (χ1v) is 11.1. The maximum Gasteiger partial charge on any atom is 0.345 e. The largest absolute Gasteiger partial charge is 0.484 e. The van der Waals surface area contributed by atoms with Crippen LogP contribution in [-0.4, -0.2) is 24.7 Å². The number of ether oxygens (including phenoxy) is 2. The fraction of sp³-hybridized carbons (Fsp3) is 0.0385. The van der Waals surface area contributed by atoms with Gasteiger partial charge in [-0.3, -0.25) is 4.79 Å². The predicted octanol–water partition coefficient (Wildman–Crippen LogP) is 6.03. The summed E-state index contributed by atoms with van der Waals surface area (Å²) in [6.45, 7) is -0.324. The van der Waals surface area contributed by atoms with Crippen LogP contribution >= 0.6 is 23.2 Å². The molecule has 6 nitrogen and oxygen atoms in total. The van der Waals surface area contributed by atoms with Crippen LogP contribution in [0.3, 0.4) is 0 Å². The van der Waals surface area contributed by atoms with E-state index in [1.807, 2.05) is 24.3 Å². The molecule has 0 radical (unpaired) electrons. The number of hydrogen-bond donors (Lipinski definition) is 1. The number of amides is 1. The Morgan fingerprint density at radius 2 is 1.74 bits per heavy atom. The summed E-state index contributed by atoms with van der Waals surface area (Å²) >= 11 is 12.0. The molecule has 0 fully saturated rings. The Balaban J connectivity index is 1.52. The number of fused-ring (bicyclic) bond motifs is 1. The number of carbonyl (C=O) groups is 2. The molecule has 0 atom stereocenters. The Morgan fingerprint density at radius 1 is 0.971 bits per heavy atom. The van der Waals surface area contributed by atoms with Crippen LogP contribution in [0.15, 0.2) is 84.0 Å². The summed E-state index contributed by atoms with van der Waals surface area (Å²) in [7, 11) is 0. The van der Waals surface area contributed by atoms with Crippen LogP contribution in [0.25, 0.3) is 10.8 Å². The summed E-state index contributed by atoms with van der Waals surface area (Å²) < 4.78 is 23.9. The second kappa shape index (κ2) is 11.0. The van der Waals surface area contributed by atoms with E-state index in [2.05, 4.69) is 10.5 Å². The lowest BCUT2D eigenvalue weighted by Crippen LogP contribution is -2.24. The zero-order chi connectivity index (χ0) is 24.8. The van der Waals surface area contributed by atoms with Gasteiger partial charge in [0.15, 0.2) is 6.61 Å². The van der Waals surface area contributed by atoms with Crippen molar-refractivity contribution >= 4 is 52.1 Å². The average molecular weight is 511 g/mol. The van der Waals surface area contributed by atoms with Gasteiger partial charge in [-0.2, -0.15) is 5.10 Å². The standard InChI is InChI=1S/C26H17Cl2FN2O4/c27-17-6-11-21(23(28)13-17)26(33)35-24-12-5-16-3-1-2-4-20(16)22(24)14-30-31-25(32)15-34-19-9-7-18(29)8-10-19/h1-14H,15H2,(H,31,32)/b30-14+. The van der Waals surface area contributed by atoms with E-state index in [0.29, 0.717) is 16.3 Å².